The third-order valence-corrected chi connectivity index (χ3v) is 6.86. The van der Waals surface area contributed by atoms with Crippen molar-refractivity contribution in [2.45, 2.75) is 26.3 Å². The van der Waals surface area contributed by atoms with Crippen LogP contribution in [0.2, 0.25) is 10.0 Å². The highest BCUT2D eigenvalue weighted by molar-refractivity contribution is 7.98. The van der Waals surface area contributed by atoms with E-state index in [1.54, 1.807) is 43.3 Å². The largest absolute Gasteiger partial charge is 0.493 e. The van der Waals surface area contributed by atoms with Crippen LogP contribution in [0.1, 0.15) is 41.8 Å². The monoisotopic (exact) mass is 601 g/mol. The van der Waals surface area contributed by atoms with Crippen molar-refractivity contribution in [2.24, 2.45) is 0 Å². The maximum absolute atomic E-state index is 13.2. The van der Waals surface area contributed by atoms with Crippen molar-refractivity contribution in [3.63, 3.8) is 0 Å². The number of carbonyl (C=O) groups is 3. The number of amides is 1. The molecule has 0 spiro atoms. The van der Waals surface area contributed by atoms with Gasteiger partial charge in [-0.2, -0.15) is 11.8 Å². The average Bonchev–Trinajstić information content (AvgIpc) is 2.94. The summed E-state index contributed by atoms with van der Waals surface area (Å²) in [5.41, 5.74) is 2.26. The zero-order chi connectivity index (χ0) is 29.2. The number of hydrogen-bond acceptors (Lipinski definition) is 7. The van der Waals surface area contributed by atoms with E-state index in [4.69, 9.17) is 37.4 Å². The number of benzene rings is 3. The molecule has 7 nitrogen and oxygen atoms in total. The van der Waals surface area contributed by atoms with Crippen molar-refractivity contribution in [1.29, 1.82) is 0 Å². The molecule has 0 heterocycles. The Bertz CT molecular complexity index is 1340. The number of rotatable bonds is 11. The molecule has 0 fully saturated rings. The maximum Gasteiger partial charge on any atom is 0.333 e. The second kappa shape index (κ2) is 14.8. The molecule has 0 aliphatic carbocycles. The summed E-state index contributed by atoms with van der Waals surface area (Å²) >= 11 is 13.6. The molecular formula is C30H29Cl2NO6S. The quantitative estimate of drug-likeness (QED) is 0.147. The van der Waals surface area contributed by atoms with Gasteiger partial charge in [-0.25, -0.2) is 4.79 Å². The van der Waals surface area contributed by atoms with E-state index < -0.39 is 23.9 Å². The van der Waals surface area contributed by atoms with Gasteiger partial charge in [-0.3, -0.25) is 9.59 Å². The zero-order valence-electron chi connectivity index (χ0n) is 22.5. The van der Waals surface area contributed by atoms with Crippen molar-refractivity contribution in [2.75, 3.05) is 19.1 Å². The predicted octanol–water partition coefficient (Wildman–Crippen LogP) is 6.80. The first-order chi connectivity index (χ1) is 19.1. The highest BCUT2D eigenvalue weighted by Crippen LogP contribution is 2.32. The molecule has 3 aromatic carbocycles. The Morgan fingerprint density at radius 3 is 2.02 bits per heavy atom. The van der Waals surface area contributed by atoms with Gasteiger partial charge in [0.1, 0.15) is 11.8 Å². The van der Waals surface area contributed by atoms with E-state index in [1.807, 2.05) is 30.5 Å². The van der Waals surface area contributed by atoms with Crippen LogP contribution in [0.25, 0.3) is 5.57 Å². The molecule has 1 N–H and O–H groups in total. The van der Waals surface area contributed by atoms with E-state index in [0.717, 1.165) is 11.1 Å². The lowest BCUT2D eigenvalue weighted by Crippen LogP contribution is -2.39. The molecule has 0 aromatic heterocycles. The van der Waals surface area contributed by atoms with Crippen LogP contribution in [0, 0.1) is 0 Å². The summed E-state index contributed by atoms with van der Waals surface area (Å²) in [5.74, 6) is -0.730. The number of allylic oxidation sites excluding steroid dienone is 1. The smallest absolute Gasteiger partial charge is 0.333 e. The molecule has 0 aliphatic heterocycles. The van der Waals surface area contributed by atoms with Gasteiger partial charge in [0.25, 0.3) is 5.91 Å². The highest BCUT2D eigenvalue weighted by atomic mass is 35.5. The minimum Gasteiger partial charge on any atom is -0.493 e. The van der Waals surface area contributed by atoms with Gasteiger partial charge in [0, 0.05) is 21.4 Å². The highest BCUT2D eigenvalue weighted by Gasteiger charge is 2.25. The van der Waals surface area contributed by atoms with Gasteiger partial charge in [-0.15, -0.1) is 0 Å². The summed E-state index contributed by atoms with van der Waals surface area (Å²) in [5, 5.41) is 3.75. The number of para-hydroxylation sites is 1. The normalized spacial score (nSPS) is 11.2. The van der Waals surface area contributed by atoms with Gasteiger partial charge >= 0.3 is 11.9 Å². The number of hydrogen-bond donors (Lipinski definition) is 1. The topological polar surface area (TPSA) is 90.9 Å². The third kappa shape index (κ3) is 8.27. The molecule has 0 saturated carbocycles. The SMILES string of the molecule is COc1cccc(C(=O)N[C@@H](C)C(=O)OC(C)=C(c2ccc(Cl)cc2)c2ccc(Cl)cc2)c1OC(=O)CCSC. The molecule has 10 heteroatoms. The van der Waals surface area contributed by atoms with Crippen molar-refractivity contribution in [3.05, 3.63) is 99.2 Å². The summed E-state index contributed by atoms with van der Waals surface area (Å²) < 4.78 is 16.5. The van der Waals surface area contributed by atoms with Gasteiger partial charge in [0.05, 0.1) is 19.1 Å². The predicted molar refractivity (Wildman–Crippen MR) is 159 cm³/mol. The van der Waals surface area contributed by atoms with Crippen LogP contribution in [-0.4, -0.2) is 43.0 Å². The fourth-order valence-corrected chi connectivity index (χ4v) is 4.36. The summed E-state index contributed by atoms with van der Waals surface area (Å²) in [6.07, 6.45) is 2.04. The molecule has 3 aromatic rings. The number of esters is 2. The van der Waals surface area contributed by atoms with E-state index in [2.05, 4.69) is 5.32 Å². The van der Waals surface area contributed by atoms with Gasteiger partial charge in [-0.1, -0.05) is 53.5 Å². The number of carbonyl (C=O) groups excluding carboxylic acids is 3. The molecule has 210 valence electrons. The lowest BCUT2D eigenvalue weighted by Gasteiger charge is -2.18. The third-order valence-electron chi connectivity index (χ3n) is 5.74. The van der Waals surface area contributed by atoms with Crippen LogP contribution >= 0.6 is 35.0 Å². The van der Waals surface area contributed by atoms with Gasteiger partial charge in [0.2, 0.25) is 0 Å². The second-order valence-electron chi connectivity index (χ2n) is 8.62. The summed E-state index contributed by atoms with van der Waals surface area (Å²) in [6, 6.07) is 17.9. The molecule has 1 atom stereocenters. The fraction of sp³-hybridized carbons (Fsp3) is 0.233. The second-order valence-corrected chi connectivity index (χ2v) is 10.5. The Labute approximate surface area is 247 Å². The van der Waals surface area contributed by atoms with E-state index in [1.165, 1.54) is 31.9 Å². The number of nitrogens with one attached hydrogen (secondary N) is 1. The summed E-state index contributed by atoms with van der Waals surface area (Å²) in [6.45, 7) is 3.17. The van der Waals surface area contributed by atoms with E-state index in [0.29, 0.717) is 27.1 Å². The molecule has 0 unspecified atom stereocenters. The summed E-state index contributed by atoms with van der Waals surface area (Å²) in [7, 11) is 1.41. The molecule has 1 amide bonds. The van der Waals surface area contributed by atoms with Crippen molar-refractivity contribution in [3.8, 4) is 11.5 Å². The summed E-state index contributed by atoms with van der Waals surface area (Å²) in [4.78, 5) is 38.5. The zero-order valence-corrected chi connectivity index (χ0v) is 24.8. The Hall–Kier alpha value is -3.46. The Balaban J connectivity index is 1.83. The van der Waals surface area contributed by atoms with Crippen LogP contribution < -0.4 is 14.8 Å². The molecule has 0 bridgehead atoms. The number of methoxy groups -OCH3 is 1. The number of ether oxygens (including phenoxy) is 3. The Morgan fingerprint density at radius 2 is 1.50 bits per heavy atom. The standard InChI is InChI=1S/C30H29Cl2NO6S/c1-18(33-29(35)24-6-5-7-25(37-3)28(24)39-26(34)16-17-40-4)30(36)38-19(2)27(20-8-12-22(31)13-9-20)21-10-14-23(32)15-11-21/h5-15,18H,16-17H2,1-4H3,(H,33,35)/t18-/m0/s1. The van der Waals surface area contributed by atoms with Crippen LogP contribution in [0.15, 0.2) is 72.5 Å². The molecule has 0 radical (unpaired) electrons. The minimum atomic E-state index is -1.04. The van der Waals surface area contributed by atoms with Crippen LogP contribution in [-0.2, 0) is 14.3 Å². The Morgan fingerprint density at radius 1 is 0.925 bits per heavy atom. The minimum absolute atomic E-state index is 0.0157. The van der Waals surface area contributed by atoms with E-state index in [-0.39, 0.29) is 23.5 Å². The van der Waals surface area contributed by atoms with E-state index in [9.17, 15) is 14.4 Å². The molecular weight excluding hydrogens is 573 g/mol. The van der Waals surface area contributed by atoms with Crippen LogP contribution in [0.4, 0.5) is 0 Å². The van der Waals surface area contributed by atoms with Crippen molar-refractivity contribution < 1.29 is 28.6 Å². The van der Waals surface area contributed by atoms with E-state index >= 15 is 0 Å². The lowest BCUT2D eigenvalue weighted by atomic mass is 9.97. The molecule has 0 saturated heterocycles. The molecule has 3 rings (SSSR count). The van der Waals surface area contributed by atoms with Gasteiger partial charge < -0.3 is 19.5 Å². The fourth-order valence-electron chi connectivity index (χ4n) is 3.74. The van der Waals surface area contributed by atoms with Crippen molar-refractivity contribution >= 4 is 58.4 Å². The number of thioether (sulfide) groups is 1. The van der Waals surface area contributed by atoms with Gasteiger partial charge in [-0.05, 0) is 67.6 Å². The Kier molecular flexibility index (Phi) is 11.5. The average molecular weight is 603 g/mol. The molecule has 40 heavy (non-hydrogen) atoms. The lowest BCUT2D eigenvalue weighted by molar-refractivity contribution is -0.141. The van der Waals surface area contributed by atoms with Crippen molar-refractivity contribution in [1.82, 2.24) is 5.32 Å². The van der Waals surface area contributed by atoms with Gasteiger partial charge in [0.15, 0.2) is 11.5 Å². The number of halogens is 2. The first-order valence-corrected chi connectivity index (χ1v) is 14.4. The first kappa shape index (κ1) is 31.1. The maximum atomic E-state index is 13.2. The first-order valence-electron chi connectivity index (χ1n) is 12.3. The van der Waals surface area contributed by atoms with Crippen LogP contribution in [0.3, 0.4) is 0 Å². The molecule has 0 aliphatic rings. The van der Waals surface area contributed by atoms with Crippen LogP contribution in [0.5, 0.6) is 11.5 Å².